The van der Waals surface area contributed by atoms with E-state index in [1.54, 1.807) is 19.1 Å². The molecule has 7 heteroatoms. The van der Waals surface area contributed by atoms with Crippen molar-refractivity contribution < 1.29 is 17.9 Å². The molecule has 1 aromatic carbocycles. The molecule has 0 amide bonds. The Morgan fingerprint density at radius 3 is 2.35 bits per heavy atom. The second kappa shape index (κ2) is 6.12. The molecule has 0 N–H and O–H groups in total. The molecule has 0 spiro atoms. The van der Waals surface area contributed by atoms with Gasteiger partial charge in [0.25, 0.3) is 0 Å². The normalized spacial score (nSPS) is 18.2. The second-order valence-electron chi connectivity index (χ2n) is 4.81. The average molecular weight is 384 g/mol. The maximum atomic E-state index is 11.6. The van der Waals surface area contributed by atoms with Crippen molar-refractivity contribution in [2.75, 3.05) is 19.5 Å². The average Bonchev–Trinajstić information content (AvgIpc) is 2.59. The first kappa shape index (κ1) is 15.9. The highest BCUT2D eigenvalue weighted by Crippen LogP contribution is 2.41. The van der Waals surface area contributed by atoms with Crippen molar-refractivity contribution in [1.29, 1.82) is 0 Å². The molecule has 20 heavy (non-hydrogen) atoms. The van der Waals surface area contributed by atoms with Crippen LogP contribution in [0.25, 0.3) is 0 Å². The fraction of sp³-hybridized carbons (Fsp3) is 0.538. The Balaban J connectivity index is 2.40. The van der Waals surface area contributed by atoms with Gasteiger partial charge in [-0.2, -0.15) is 0 Å². The zero-order chi connectivity index (χ0) is 14.9. The van der Waals surface area contributed by atoms with E-state index in [4.69, 9.17) is 21.1 Å². The Labute approximate surface area is 132 Å². The first-order valence-electron chi connectivity index (χ1n) is 6.22. The summed E-state index contributed by atoms with van der Waals surface area (Å²) in [5.74, 6) is 1.25. The molecule has 2 unspecified atom stereocenters. The first-order chi connectivity index (χ1) is 9.30. The molecular weight excluding hydrogens is 368 g/mol. The molecule has 112 valence electrons. The summed E-state index contributed by atoms with van der Waals surface area (Å²) in [5, 5.41) is -1.35. The van der Waals surface area contributed by atoms with Crippen LogP contribution < -0.4 is 9.47 Å². The van der Waals surface area contributed by atoms with E-state index in [0.29, 0.717) is 30.3 Å². The van der Waals surface area contributed by atoms with Crippen molar-refractivity contribution in [3.05, 3.63) is 22.2 Å². The first-order valence-corrected chi connectivity index (χ1v) is 9.41. The maximum absolute atomic E-state index is 11.6. The highest BCUT2D eigenvalue weighted by Gasteiger charge is 2.28. The van der Waals surface area contributed by atoms with Gasteiger partial charge in [0.15, 0.2) is 21.3 Å². The van der Waals surface area contributed by atoms with E-state index in [1.807, 2.05) is 0 Å². The van der Waals surface area contributed by atoms with Crippen LogP contribution in [-0.2, 0) is 9.84 Å². The Morgan fingerprint density at radius 2 is 1.80 bits per heavy atom. The van der Waals surface area contributed by atoms with E-state index in [2.05, 4.69) is 15.9 Å². The van der Waals surface area contributed by atoms with Crippen LogP contribution >= 0.6 is 27.5 Å². The number of alkyl halides is 1. The summed E-state index contributed by atoms with van der Waals surface area (Å²) in [6, 6.07) is 3.53. The fourth-order valence-electron chi connectivity index (χ4n) is 1.88. The number of halogens is 2. The lowest BCUT2D eigenvalue weighted by atomic mass is 10.1. The number of sulfone groups is 1. The summed E-state index contributed by atoms with van der Waals surface area (Å²) in [6.45, 7) is 2.77. The molecule has 0 radical (unpaired) electrons. The molecule has 4 nitrogen and oxygen atoms in total. The molecule has 1 aliphatic heterocycles. The largest absolute Gasteiger partial charge is 0.490 e. The minimum absolute atomic E-state index is 0.572. The number of ether oxygens (including phenoxy) is 2. The standard InChI is InChI=1S/C13H16BrClO4S/c1-8(20(2,16)17)13(15)9-6-11-12(7-10(9)14)19-5-3-4-18-11/h6-8,13H,3-5H2,1-2H3. The van der Waals surface area contributed by atoms with Crippen molar-refractivity contribution >= 4 is 37.4 Å². The zero-order valence-corrected chi connectivity index (χ0v) is 14.4. The van der Waals surface area contributed by atoms with Crippen LogP contribution in [0.2, 0.25) is 0 Å². The topological polar surface area (TPSA) is 52.6 Å². The van der Waals surface area contributed by atoms with E-state index in [0.717, 1.165) is 10.9 Å². The Kier molecular flexibility index (Phi) is 4.87. The summed E-state index contributed by atoms with van der Waals surface area (Å²) in [4.78, 5) is 0. The van der Waals surface area contributed by atoms with Gasteiger partial charge in [-0.3, -0.25) is 0 Å². The third kappa shape index (κ3) is 3.40. The minimum Gasteiger partial charge on any atom is -0.490 e. The van der Waals surface area contributed by atoms with Gasteiger partial charge < -0.3 is 9.47 Å². The van der Waals surface area contributed by atoms with Crippen molar-refractivity contribution in [2.45, 2.75) is 24.0 Å². The van der Waals surface area contributed by atoms with Crippen molar-refractivity contribution in [1.82, 2.24) is 0 Å². The summed E-state index contributed by atoms with van der Waals surface area (Å²) >= 11 is 9.75. The SMILES string of the molecule is CC(C(Cl)c1cc2c(cc1Br)OCCCO2)S(C)(=O)=O. The molecule has 0 bridgehead atoms. The molecule has 2 atom stereocenters. The van der Waals surface area contributed by atoms with Crippen LogP contribution in [0.4, 0.5) is 0 Å². The molecule has 1 aromatic rings. The van der Waals surface area contributed by atoms with Gasteiger partial charge in [-0.05, 0) is 24.6 Å². The number of hydrogen-bond donors (Lipinski definition) is 0. The molecule has 2 rings (SSSR count). The summed E-state index contributed by atoms with van der Waals surface area (Å²) < 4.78 is 35.2. The quantitative estimate of drug-likeness (QED) is 0.751. The monoisotopic (exact) mass is 382 g/mol. The highest BCUT2D eigenvalue weighted by molar-refractivity contribution is 9.10. The van der Waals surface area contributed by atoms with Gasteiger partial charge in [-0.25, -0.2) is 8.42 Å². The van der Waals surface area contributed by atoms with E-state index in [9.17, 15) is 8.42 Å². The van der Waals surface area contributed by atoms with Gasteiger partial charge in [0.05, 0.1) is 23.8 Å². The number of hydrogen-bond acceptors (Lipinski definition) is 4. The van der Waals surface area contributed by atoms with Gasteiger partial charge in [-0.1, -0.05) is 15.9 Å². The van der Waals surface area contributed by atoms with Crippen LogP contribution in [0.5, 0.6) is 11.5 Å². The van der Waals surface area contributed by atoms with Crippen molar-refractivity contribution in [2.24, 2.45) is 0 Å². The minimum atomic E-state index is -3.22. The highest BCUT2D eigenvalue weighted by atomic mass is 79.9. The second-order valence-corrected chi connectivity index (χ2v) is 8.53. The molecule has 1 aliphatic rings. The van der Waals surface area contributed by atoms with Crippen molar-refractivity contribution in [3.63, 3.8) is 0 Å². The number of fused-ring (bicyclic) bond motifs is 1. The Morgan fingerprint density at radius 1 is 1.25 bits per heavy atom. The van der Waals surface area contributed by atoms with Gasteiger partial charge in [0, 0.05) is 17.1 Å². The molecular formula is C13H16BrClO4S. The number of rotatable bonds is 3. The molecule has 0 aliphatic carbocycles. The van der Waals surface area contributed by atoms with Gasteiger partial charge in [0.1, 0.15) is 0 Å². The Hall–Kier alpha value is -0.460. The summed E-state index contributed by atoms with van der Waals surface area (Å²) in [5.41, 5.74) is 0.689. The van der Waals surface area contributed by atoms with Gasteiger partial charge >= 0.3 is 0 Å². The lowest BCUT2D eigenvalue weighted by Crippen LogP contribution is -2.21. The molecule has 1 heterocycles. The molecule has 0 saturated carbocycles. The van der Waals surface area contributed by atoms with Crippen LogP contribution in [0, 0.1) is 0 Å². The smallest absolute Gasteiger partial charge is 0.162 e. The molecule has 0 fully saturated rings. The fourth-order valence-corrected chi connectivity index (χ4v) is 3.90. The van der Waals surface area contributed by atoms with E-state index in [1.165, 1.54) is 6.26 Å². The lowest BCUT2D eigenvalue weighted by molar-refractivity contribution is 0.297. The zero-order valence-electron chi connectivity index (χ0n) is 11.2. The predicted molar refractivity (Wildman–Crippen MR) is 82.6 cm³/mol. The van der Waals surface area contributed by atoms with Crippen LogP contribution in [0.3, 0.4) is 0 Å². The van der Waals surface area contributed by atoms with E-state index >= 15 is 0 Å². The third-order valence-corrected chi connectivity index (χ3v) is 6.32. The van der Waals surface area contributed by atoms with Crippen LogP contribution in [0.1, 0.15) is 24.3 Å². The summed E-state index contributed by atoms with van der Waals surface area (Å²) in [6.07, 6.45) is 2.00. The third-order valence-electron chi connectivity index (χ3n) is 3.25. The Bertz CT molecular complexity index is 603. The van der Waals surface area contributed by atoms with Gasteiger partial charge in [-0.15, -0.1) is 11.6 Å². The molecule has 0 saturated heterocycles. The summed E-state index contributed by atoms with van der Waals surface area (Å²) in [7, 11) is -3.22. The van der Waals surface area contributed by atoms with E-state index in [-0.39, 0.29) is 0 Å². The predicted octanol–water partition coefficient (Wildman–Crippen LogP) is 3.32. The van der Waals surface area contributed by atoms with E-state index < -0.39 is 20.5 Å². The molecule has 0 aromatic heterocycles. The van der Waals surface area contributed by atoms with Gasteiger partial charge in [0.2, 0.25) is 0 Å². The van der Waals surface area contributed by atoms with Crippen LogP contribution in [0.15, 0.2) is 16.6 Å². The number of benzene rings is 1. The van der Waals surface area contributed by atoms with Crippen LogP contribution in [-0.4, -0.2) is 33.1 Å². The lowest BCUT2D eigenvalue weighted by Gasteiger charge is -2.19. The maximum Gasteiger partial charge on any atom is 0.162 e. The van der Waals surface area contributed by atoms with Crippen molar-refractivity contribution in [3.8, 4) is 11.5 Å².